The fourth-order valence-corrected chi connectivity index (χ4v) is 2.23. The third-order valence-corrected chi connectivity index (χ3v) is 3.49. The highest BCUT2D eigenvalue weighted by molar-refractivity contribution is 6.31. The Bertz CT molecular complexity index is 661. The number of hydrogen-bond acceptors (Lipinski definition) is 4. The molecule has 0 radical (unpaired) electrons. The molecule has 2 rings (SSSR count). The van der Waals surface area contributed by atoms with Gasteiger partial charge in [0.25, 0.3) is 0 Å². The maximum Gasteiger partial charge on any atom is 0.311 e. The first-order valence-corrected chi connectivity index (χ1v) is 6.78. The Morgan fingerprint density at radius 1 is 1.29 bits per heavy atom. The molecule has 1 N–H and O–H groups in total. The van der Waals surface area contributed by atoms with Crippen molar-refractivity contribution in [2.45, 2.75) is 13.0 Å². The average Bonchev–Trinajstić information content (AvgIpc) is 2.47. The van der Waals surface area contributed by atoms with Crippen molar-refractivity contribution in [1.29, 1.82) is 0 Å². The van der Waals surface area contributed by atoms with Gasteiger partial charge >= 0.3 is 5.69 Å². The molecule has 0 aliphatic heterocycles. The van der Waals surface area contributed by atoms with Gasteiger partial charge in [-0.2, -0.15) is 0 Å². The van der Waals surface area contributed by atoms with Gasteiger partial charge in [-0.25, -0.2) is 0 Å². The van der Waals surface area contributed by atoms with E-state index in [9.17, 15) is 10.1 Å². The van der Waals surface area contributed by atoms with Crippen LogP contribution in [0.15, 0.2) is 42.5 Å². The molecule has 0 aromatic heterocycles. The zero-order chi connectivity index (χ0) is 15.4. The van der Waals surface area contributed by atoms with E-state index in [0.29, 0.717) is 10.8 Å². The van der Waals surface area contributed by atoms with Crippen molar-refractivity contribution in [3.05, 3.63) is 63.2 Å². The summed E-state index contributed by atoms with van der Waals surface area (Å²) >= 11 is 6.22. The Balaban J connectivity index is 2.29. The van der Waals surface area contributed by atoms with E-state index < -0.39 is 4.92 Å². The normalized spacial score (nSPS) is 12.0. The van der Waals surface area contributed by atoms with Crippen LogP contribution in [0.5, 0.6) is 11.5 Å². The molecule has 0 bridgehead atoms. The summed E-state index contributed by atoms with van der Waals surface area (Å²) in [6.07, 6.45) is 0. The number of halogens is 1. The van der Waals surface area contributed by atoms with E-state index in [4.69, 9.17) is 16.3 Å². The lowest BCUT2D eigenvalue weighted by Gasteiger charge is -2.14. The van der Waals surface area contributed by atoms with Gasteiger partial charge in [-0.3, -0.25) is 10.1 Å². The van der Waals surface area contributed by atoms with Gasteiger partial charge in [0.15, 0.2) is 0 Å². The van der Waals surface area contributed by atoms with Crippen LogP contribution < -0.4 is 10.1 Å². The number of benzene rings is 2. The predicted molar refractivity (Wildman–Crippen MR) is 82.1 cm³/mol. The van der Waals surface area contributed by atoms with E-state index in [0.717, 1.165) is 5.56 Å². The fraction of sp³-hybridized carbons (Fsp3) is 0.200. The number of nitro groups is 1. The largest absolute Gasteiger partial charge is 0.450 e. The first-order chi connectivity index (χ1) is 10.0. The molecular weight excluding hydrogens is 292 g/mol. The van der Waals surface area contributed by atoms with Gasteiger partial charge < -0.3 is 10.1 Å². The summed E-state index contributed by atoms with van der Waals surface area (Å²) < 4.78 is 5.57. The lowest BCUT2D eigenvalue weighted by atomic mass is 10.1. The zero-order valence-electron chi connectivity index (χ0n) is 11.7. The maximum atomic E-state index is 11.0. The summed E-state index contributed by atoms with van der Waals surface area (Å²) in [5.74, 6) is 0.648. The van der Waals surface area contributed by atoms with Gasteiger partial charge in [-0.15, -0.1) is 0 Å². The SMILES string of the molecule is CNC(C)c1ccc(Oc2ccccc2[N+](=O)[O-])cc1Cl. The number of rotatable bonds is 5. The maximum absolute atomic E-state index is 11.0. The number of nitro benzene ring substituents is 1. The van der Waals surface area contributed by atoms with Crippen molar-refractivity contribution in [3.63, 3.8) is 0 Å². The van der Waals surface area contributed by atoms with Gasteiger partial charge in [0.05, 0.1) is 4.92 Å². The Labute approximate surface area is 127 Å². The van der Waals surface area contributed by atoms with E-state index >= 15 is 0 Å². The highest BCUT2D eigenvalue weighted by Crippen LogP contribution is 2.33. The Morgan fingerprint density at radius 2 is 2.00 bits per heavy atom. The number of ether oxygens (including phenoxy) is 1. The molecule has 1 atom stereocenters. The Morgan fingerprint density at radius 3 is 2.62 bits per heavy atom. The second kappa shape index (κ2) is 6.56. The van der Waals surface area contributed by atoms with Crippen molar-refractivity contribution in [2.24, 2.45) is 0 Å². The van der Waals surface area contributed by atoms with Crippen LogP contribution in [0.4, 0.5) is 5.69 Å². The van der Waals surface area contributed by atoms with Gasteiger partial charge in [0, 0.05) is 17.1 Å². The summed E-state index contributed by atoms with van der Waals surface area (Å²) in [5, 5.41) is 14.6. The number of nitrogens with one attached hydrogen (secondary N) is 1. The zero-order valence-corrected chi connectivity index (χ0v) is 12.4. The molecular formula is C15H15ClN2O3. The lowest BCUT2D eigenvalue weighted by Crippen LogP contribution is -2.12. The van der Waals surface area contributed by atoms with Crippen LogP contribution >= 0.6 is 11.6 Å². The van der Waals surface area contributed by atoms with Crippen LogP contribution in [-0.2, 0) is 0 Å². The monoisotopic (exact) mass is 306 g/mol. The Kier molecular flexibility index (Phi) is 4.77. The minimum absolute atomic E-state index is 0.0821. The number of nitrogens with zero attached hydrogens (tertiary/aromatic N) is 1. The fourth-order valence-electron chi connectivity index (χ4n) is 1.90. The second-order valence-electron chi connectivity index (χ2n) is 4.52. The smallest absolute Gasteiger partial charge is 0.311 e. The van der Waals surface area contributed by atoms with Gasteiger partial charge in [0.1, 0.15) is 5.75 Å². The molecule has 0 spiro atoms. The summed E-state index contributed by atoms with van der Waals surface area (Å²) in [4.78, 5) is 10.5. The van der Waals surface area contributed by atoms with Crippen LogP contribution in [0.3, 0.4) is 0 Å². The third kappa shape index (κ3) is 3.51. The average molecular weight is 307 g/mol. The third-order valence-electron chi connectivity index (χ3n) is 3.16. The molecule has 0 heterocycles. The molecule has 0 aliphatic carbocycles. The van der Waals surface area contributed by atoms with Crippen LogP contribution in [0, 0.1) is 10.1 Å². The Hall–Kier alpha value is -2.11. The van der Waals surface area contributed by atoms with Crippen LogP contribution in [-0.4, -0.2) is 12.0 Å². The molecule has 0 aliphatic rings. The van der Waals surface area contributed by atoms with E-state index in [1.165, 1.54) is 6.07 Å². The first-order valence-electron chi connectivity index (χ1n) is 6.41. The molecule has 2 aromatic carbocycles. The van der Waals surface area contributed by atoms with Crippen molar-refractivity contribution >= 4 is 17.3 Å². The predicted octanol–water partition coefficient (Wildman–Crippen LogP) is 4.32. The molecule has 110 valence electrons. The van der Waals surface area contributed by atoms with Crippen molar-refractivity contribution in [1.82, 2.24) is 5.32 Å². The quantitative estimate of drug-likeness (QED) is 0.660. The summed E-state index contributed by atoms with van der Waals surface area (Å²) in [6, 6.07) is 11.6. The second-order valence-corrected chi connectivity index (χ2v) is 4.93. The molecule has 0 saturated carbocycles. The summed E-state index contributed by atoms with van der Waals surface area (Å²) in [5.41, 5.74) is 0.857. The van der Waals surface area contributed by atoms with Crippen molar-refractivity contribution < 1.29 is 9.66 Å². The lowest BCUT2D eigenvalue weighted by molar-refractivity contribution is -0.385. The minimum atomic E-state index is -0.478. The molecule has 0 amide bonds. The van der Waals surface area contributed by atoms with Gasteiger partial charge in [0.2, 0.25) is 5.75 Å². The molecule has 0 saturated heterocycles. The highest BCUT2D eigenvalue weighted by Gasteiger charge is 2.15. The topological polar surface area (TPSA) is 64.4 Å². The van der Waals surface area contributed by atoms with Crippen molar-refractivity contribution in [3.8, 4) is 11.5 Å². The van der Waals surface area contributed by atoms with Crippen LogP contribution in [0.25, 0.3) is 0 Å². The van der Waals surface area contributed by atoms with Crippen LogP contribution in [0.1, 0.15) is 18.5 Å². The summed E-state index contributed by atoms with van der Waals surface area (Å²) in [6.45, 7) is 1.99. The van der Waals surface area contributed by atoms with Gasteiger partial charge in [-0.1, -0.05) is 29.8 Å². The number of hydrogen-bond donors (Lipinski definition) is 1. The molecule has 21 heavy (non-hydrogen) atoms. The van der Waals surface area contributed by atoms with Crippen LogP contribution in [0.2, 0.25) is 5.02 Å². The summed E-state index contributed by atoms with van der Waals surface area (Å²) in [7, 11) is 1.85. The van der Waals surface area contributed by atoms with E-state index in [2.05, 4.69) is 5.32 Å². The first kappa shape index (κ1) is 15.3. The van der Waals surface area contributed by atoms with Crippen molar-refractivity contribution in [2.75, 3.05) is 7.05 Å². The molecule has 5 nitrogen and oxygen atoms in total. The molecule has 0 fully saturated rings. The van der Waals surface area contributed by atoms with E-state index in [1.807, 2.05) is 20.0 Å². The molecule has 2 aromatic rings. The molecule has 1 unspecified atom stereocenters. The van der Waals surface area contributed by atoms with E-state index in [-0.39, 0.29) is 17.5 Å². The minimum Gasteiger partial charge on any atom is -0.450 e. The van der Waals surface area contributed by atoms with Gasteiger partial charge in [-0.05, 0) is 37.7 Å². The highest BCUT2D eigenvalue weighted by atomic mass is 35.5. The van der Waals surface area contributed by atoms with E-state index in [1.54, 1.807) is 30.3 Å². The molecule has 6 heteroatoms. The number of para-hydroxylation sites is 2. The standard InChI is InChI=1S/C15H15ClN2O3/c1-10(17-2)12-8-7-11(9-13(12)16)21-15-6-4-3-5-14(15)18(19)20/h3-10,17H,1-2H3.